The molecule has 2 nitrogen and oxygen atoms in total. The van der Waals surface area contributed by atoms with Gasteiger partial charge in [-0.05, 0) is 19.9 Å². The lowest BCUT2D eigenvalue weighted by Crippen LogP contribution is -2.60. The first-order valence-corrected chi connectivity index (χ1v) is 5.41. The number of nitrogens with one attached hydrogen (secondary N) is 1. The van der Waals surface area contributed by atoms with Gasteiger partial charge in [0.25, 0.3) is 0 Å². The van der Waals surface area contributed by atoms with Gasteiger partial charge in [-0.2, -0.15) is 0 Å². The summed E-state index contributed by atoms with van der Waals surface area (Å²) >= 11 is 0. The van der Waals surface area contributed by atoms with Gasteiger partial charge in [-0.3, -0.25) is 0 Å². The first-order valence-electron chi connectivity index (χ1n) is 5.41. The average Bonchev–Trinajstić information content (AvgIpc) is 2.10. The molecule has 0 heterocycles. The summed E-state index contributed by atoms with van der Waals surface area (Å²) < 4.78 is 5.83. The van der Waals surface area contributed by atoms with Crippen molar-refractivity contribution in [1.82, 2.24) is 5.32 Å². The molecule has 0 aliphatic heterocycles. The van der Waals surface area contributed by atoms with Crippen LogP contribution >= 0.6 is 12.4 Å². The van der Waals surface area contributed by atoms with Crippen molar-refractivity contribution in [1.29, 1.82) is 0 Å². The summed E-state index contributed by atoms with van der Waals surface area (Å²) in [4.78, 5) is 0. The van der Waals surface area contributed by atoms with Gasteiger partial charge in [0.05, 0.1) is 6.10 Å². The Morgan fingerprint density at radius 3 is 2.50 bits per heavy atom. The highest BCUT2D eigenvalue weighted by atomic mass is 35.5. The van der Waals surface area contributed by atoms with Gasteiger partial charge in [-0.1, -0.05) is 27.2 Å². The highest BCUT2D eigenvalue weighted by Crippen LogP contribution is 2.42. The summed E-state index contributed by atoms with van der Waals surface area (Å²) in [5, 5.41) is 3.33. The third-order valence-corrected chi connectivity index (χ3v) is 3.34. The van der Waals surface area contributed by atoms with Crippen molar-refractivity contribution in [2.45, 2.75) is 52.2 Å². The minimum atomic E-state index is 0. The predicted octanol–water partition coefficient (Wildman–Crippen LogP) is 2.61. The van der Waals surface area contributed by atoms with Gasteiger partial charge >= 0.3 is 0 Å². The van der Waals surface area contributed by atoms with E-state index >= 15 is 0 Å². The molecule has 0 saturated heterocycles. The molecule has 2 unspecified atom stereocenters. The van der Waals surface area contributed by atoms with Gasteiger partial charge in [0, 0.05) is 18.1 Å². The number of ether oxygens (including phenoxy) is 1. The molecular formula is C11H24ClNO. The highest BCUT2D eigenvalue weighted by molar-refractivity contribution is 5.85. The van der Waals surface area contributed by atoms with Crippen molar-refractivity contribution in [2.24, 2.45) is 5.41 Å². The first-order chi connectivity index (χ1) is 6.12. The van der Waals surface area contributed by atoms with Crippen molar-refractivity contribution in [3.8, 4) is 0 Å². The summed E-state index contributed by atoms with van der Waals surface area (Å²) in [5.74, 6) is 0. The molecule has 0 radical (unpaired) electrons. The lowest BCUT2D eigenvalue weighted by atomic mass is 9.64. The number of hydrogen-bond donors (Lipinski definition) is 1. The zero-order valence-electron chi connectivity index (χ0n) is 9.80. The molecule has 0 aromatic rings. The molecule has 14 heavy (non-hydrogen) atoms. The van der Waals surface area contributed by atoms with Crippen LogP contribution in [-0.2, 0) is 4.74 Å². The zero-order chi connectivity index (χ0) is 9.90. The summed E-state index contributed by atoms with van der Waals surface area (Å²) in [6, 6.07) is 0.638. The molecule has 0 aromatic heterocycles. The Balaban J connectivity index is 0.00000169. The van der Waals surface area contributed by atoms with Crippen LogP contribution in [0.5, 0.6) is 0 Å². The summed E-state index contributed by atoms with van der Waals surface area (Å²) in [5.41, 5.74) is 0.322. The Bertz CT molecular complexity index is 161. The van der Waals surface area contributed by atoms with E-state index in [1.165, 1.54) is 19.3 Å². The van der Waals surface area contributed by atoms with E-state index < -0.39 is 0 Å². The topological polar surface area (TPSA) is 21.3 Å². The maximum absolute atomic E-state index is 5.83. The molecule has 86 valence electrons. The molecule has 0 aromatic carbocycles. The van der Waals surface area contributed by atoms with Crippen molar-refractivity contribution < 1.29 is 4.74 Å². The van der Waals surface area contributed by atoms with Gasteiger partial charge in [0.2, 0.25) is 0 Å². The molecule has 1 saturated carbocycles. The molecule has 2 atom stereocenters. The van der Waals surface area contributed by atoms with E-state index in [1.54, 1.807) is 0 Å². The standard InChI is InChI=1S/C11H23NO.ClH/c1-5-6-7-13-10-8-9(12-4)11(10,2)3;/h9-10,12H,5-8H2,1-4H3;1H. The second-order valence-electron chi connectivity index (χ2n) is 4.61. The van der Waals surface area contributed by atoms with Crippen molar-refractivity contribution in [2.75, 3.05) is 13.7 Å². The van der Waals surface area contributed by atoms with Crippen molar-refractivity contribution in [3.63, 3.8) is 0 Å². The van der Waals surface area contributed by atoms with Crippen molar-refractivity contribution >= 4 is 12.4 Å². The zero-order valence-corrected chi connectivity index (χ0v) is 10.6. The average molecular weight is 222 g/mol. The van der Waals surface area contributed by atoms with Crippen LogP contribution in [0.4, 0.5) is 0 Å². The number of hydrogen-bond acceptors (Lipinski definition) is 2. The summed E-state index contributed by atoms with van der Waals surface area (Å²) in [7, 11) is 2.04. The summed E-state index contributed by atoms with van der Waals surface area (Å²) in [6.45, 7) is 7.70. The van der Waals surface area contributed by atoms with Crippen molar-refractivity contribution in [3.05, 3.63) is 0 Å². The van der Waals surface area contributed by atoms with Crippen LogP contribution in [0.15, 0.2) is 0 Å². The minimum absolute atomic E-state index is 0. The van der Waals surface area contributed by atoms with Gasteiger partial charge in [-0.25, -0.2) is 0 Å². The van der Waals surface area contributed by atoms with Crippen LogP contribution in [-0.4, -0.2) is 25.8 Å². The Morgan fingerprint density at radius 1 is 1.43 bits per heavy atom. The molecular weight excluding hydrogens is 198 g/mol. The second-order valence-corrected chi connectivity index (χ2v) is 4.61. The van der Waals surface area contributed by atoms with Crippen LogP contribution in [0.1, 0.15) is 40.0 Å². The molecule has 1 aliphatic carbocycles. The SMILES string of the molecule is CCCCOC1CC(NC)C1(C)C.Cl. The van der Waals surface area contributed by atoms with E-state index in [2.05, 4.69) is 26.1 Å². The highest BCUT2D eigenvalue weighted by Gasteiger charge is 2.47. The smallest absolute Gasteiger partial charge is 0.0655 e. The molecule has 1 N–H and O–H groups in total. The Kier molecular flexibility index (Phi) is 6.03. The van der Waals surface area contributed by atoms with Gasteiger partial charge in [-0.15, -0.1) is 12.4 Å². The fraction of sp³-hybridized carbons (Fsp3) is 1.00. The van der Waals surface area contributed by atoms with Gasteiger partial charge in [0.1, 0.15) is 0 Å². The number of unbranched alkanes of at least 4 members (excludes halogenated alkanes) is 1. The molecule has 1 fully saturated rings. The first kappa shape index (κ1) is 14.2. The molecule has 0 spiro atoms. The largest absolute Gasteiger partial charge is 0.378 e. The van der Waals surface area contributed by atoms with Gasteiger partial charge in [0.15, 0.2) is 0 Å². The second kappa shape index (κ2) is 5.94. The van der Waals surface area contributed by atoms with Crippen LogP contribution in [0.25, 0.3) is 0 Å². The van der Waals surface area contributed by atoms with Crippen LogP contribution in [0, 0.1) is 5.41 Å². The lowest BCUT2D eigenvalue weighted by Gasteiger charge is -2.51. The Morgan fingerprint density at radius 2 is 2.07 bits per heavy atom. The molecule has 1 rings (SSSR count). The maximum Gasteiger partial charge on any atom is 0.0655 e. The van der Waals surface area contributed by atoms with E-state index in [0.29, 0.717) is 17.6 Å². The predicted molar refractivity (Wildman–Crippen MR) is 63.1 cm³/mol. The minimum Gasteiger partial charge on any atom is -0.378 e. The third kappa shape index (κ3) is 2.85. The monoisotopic (exact) mass is 221 g/mol. The fourth-order valence-electron chi connectivity index (χ4n) is 2.03. The van der Waals surface area contributed by atoms with Crippen LogP contribution in [0.2, 0.25) is 0 Å². The van der Waals surface area contributed by atoms with E-state index in [0.717, 1.165) is 6.61 Å². The van der Waals surface area contributed by atoms with Crippen LogP contribution < -0.4 is 5.32 Å². The Hall–Kier alpha value is 0.210. The third-order valence-electron chi connectivity index (χ3n) is 3.34. The van der Waals surface area contributed by atoms with Crippen LogP contribution in [0.3, 0.4) is 0 Å². The number of halogens is 1. The lowest BCUT2D eigenvalue weighted by molar-refractivity contribution is -0.116. The van der Waals surface area contributed by atoms with Gasteiger partial charge < -0.3 is 10.1 Å². The number of rotatable bonds is 5. The maximum atomic E-state index is 5.83. The molecule has 0 bridgehead atoms. The van der Waals surface area contributed by atoms with E-state index in [9.17, 15) is 0 Å². The Labute approximate surface area is 94.2 Å². The fourth-order valence-corrected chi connectivity index (χ4v) is 2.03. The normalized spacial score (nSPS) is 29.1. The molecule has 0 amide bonds. The van der Waals surface area contributed by atoms with E-state index in [1.807, 2.05) is 7.05 Å². The summed E-state index contributed by atoms with van der Waals surface area (Å²) in [6.07, 6.45) is 4.06. The molecule has 1 aliphatic rings. The van der Waals surface area contributed by atoms with E-state index in [4.69, 9.17) is 4.74 Å². The molecule has 3 heteroatoms. The quantitative estimate of drug-likeness (QED) is 0.721. The van der Waals surface area contributed by atoms with E-state index in [-0.39, 0.29) is 12.4 Å².